The number of aromatic nitrogens is 1. The van der Waals surface area contributed by atoms with E-state index in [1.807, 2.05) is 54.7 Å². The van der Waals surface area contributed by atoms with Crippen LogP contribution in [-0.2, 0) is 16.1 Å². The minimum Gasteiger partial charge on any atom is -0.445 e. The predicted octanol–water partition coefficient (Wildman–Crippen LogP) is 4.30. The minimum atomic E-state index is -0.376. The maximum absolute atomic E-state index is 12.0. The third-order valence-electron chi connectivity index (χ3n) is 5.15. The monoisotopic (exact) mass is 377 g/mol. The summed E-state index contributed by atoms with van der Waals surface area (Å²) in [5, 5.41) is 6.87. The van der Waals surface area contributed by atoms with Gasteiger partial charge in [0.2, 0.25) is 5.91 Å². The average molecular weight is 377 g/mol. The van der Waals surface area contributed by atoms with Gasteiger partial charge in [-0.1, -0.05) is 30.3 Å². The first-order chi connectivity index (χ1) is 13.6. The Hall–Kier alpha value is -3.28. The largest absolute Gasteiger partial charge is 0.445 e. The molecule has 0 spiro atoms. The SMILES string of the molecule is CC(=O)Nc1ccc2[nH]cc(C3CC(NC(=O)OCc4ccccc4)C3)c2c1. The number of anilines is 1. The van der Waals surface area contributed by atoms with Crippen LogP contribution in [0.2, 0.25) is 0 Å². The average Bonchev–Trinajstić information content (AvgIpc) is 3.06. The maximum atomic E-state index is 12.0. The smallest absolute Gasteiger partial charge is 0.407 e. The van der Waals surface area contributed by atoms with Crippen molar-refractivity contribution in [2.24, 2.45) is 0 Å². The zero-order valence-electron chi connectivity index (χ0n) is 15.7. The molecule has 0 unspecified atom stereocenters. The quantitative estimate of drug-likeness (QED) is 0.620. The Bertz CT molecular complexity index is 991. The molecule has 0 radical (unpaired) electrons. The molecule has 3 aromatic rings. The number of aromatic amines is 1. The van der Waals surface area contributed by atoms with Gasteiger partial charge in [0, 0.05) is 35.8 Å². The van der Waals surface area contributed by atoms with E-state index in [4.69, 9.17) is 4.74 Å². The van der Waals surface area contributed by atoms with E-state index in [0.29, 0.717) is 5.92 Å². The number of amides is 2. The van der Waals surface area contributed by atoms with E-state index in [9.17, 15) is 9.59 Å². The molecule has 0 bridgehead atoms. The molecule has 6 nitrogen and oxygen atoms in total. The Morgan fingerprint density at radius 2 is 1.93 bits per heavy atom. The van der Waals surface area contributed by atoms with Gasteiger partial charge in [-0.05, 0) is 48.1 Å². The second-order valence-electron chi connectivity index (χ2n) is 7.26. The van der Waals surface area contributed by atoms with Crippen molar-refractivity contribution >= 4 is 28.6 Å². The van der Waals surface area contributed by atoms with Crippen LogP contribution < -0.4 is 10.6 Å². The fraction of sp³-hybridized carbons (Fsp3) is 0.273. The second-order valence-corrected chi connectivity index (χ2v) is 7.26. The number of alkyl carbamates (subject to hydrolysis) is 1. The van der Waals surface area contributed by atoms with Crippen molar-refractivity contribution in [2.75, 3.05) is 5.32 Å². The van der Waals surface area contributed by atoms with Crippen molar-refractivity contribution in [1.29, 1.82) is 0 Å². The molecule has 6 heteroatoms. The Balaban J connectivity index is 1.32. The lowest BCUT2D eigenvalue weighted by Crippen LogP contribution is -2.43. The van der Waals surface area contributed by atoms with Crippen molar-refractivity contribution < 1.29 is 14.3 Å². The first-order valence-corrected chi connectivity index (χ1v) is 9.44. The van der Waals surface area contributed by atoms with E-state index >= 15 is 0 Å². The first kappa shape index (κ1) is 18.1. The molecule has 1 aromatic heterocycles. The van der Waals surface area contributed by atoms with Gasteiger partial charge in [0.1, 0.15) is 6.61 Å². The molecule has 1 aliphatic rings. The van der Waals surface area contributed by atoms with Crippen molar-refractivity contribution in [1.82, 2.24) is 10.3 Å². The lowest BCUT2D eigenvalue weighted by atomic mass is 9.76. The Labute approximate surface area is 163 Å². The van der Waals surface area contributed by atoms with Gasteiger partial charge in [0.05, 0.1) is 0 Å². The fourth-order valence-electron chi connectivity index (χ4n) is 3.68. The molecule has 144 valence electrons. The molecule has 2 amide bonds. The molecule has 1 heterocycles. The highest BCUT2D eigenvalue weighted by atomic mass is 16.5. The van der Waals surface area contributed by atoms with Crippen LogP contribution in [0.1, 0.15) is 36.8 Å². The summed E-state index contributed by atoms with van der Waals surface area (Å²) in [7, 11) is 0. The van der Waals surface area contributed by atoms with Crippen LogP contribution in [0.15, 0.2) is 54.7 Å². The molecule has 28 heavy (non-hydrogen) atoms. The number of rotatable bonds is 5. The number of nitrogens with one attached hydrogen (secondary N) is 3. The number of fused-ring (bicyclic) bond motifs is 1. The molecule has 1 saturated carbocycles. The van der Waals surface area contributed by atoms with Crippen LogP contribution in [0.3, 0.4) is 0 Å². The summed E-state index contributed by atoms with van der Waals surface area (Å²) in [6.45, 7) is 1.78. The summed E-state index contributed by atoms with van der Waals surface area (Å²) >= 11 is 0. The van der Waals surface area contributed by atoms with Gasteiger partial charge in [0.25, 0.3) is 0 Å². The molecular formula is C22H23N3O3. The van der Waals surface area contributed by atoms with E-state index < -0.39 is 0 Å². The number of carbonyl (C=O) groups is 2. The van der Waals surface area contributed by atoms with Crippen molar-refractivity contribution in [3.63, 3.8) is 0 Å². The summed E-state index contributed by atoms with van der Waals surface area (Å²) < 4.78 is 5.29. The number of hydrogen-bond donors (Lipinski definition) is 3. The third kappa shape index (κ3) is 4.01. The molecule has 1 aliphatic carbocycles. The zero-order valence-corrected chi connectivity index (χ0v) is 15.7. The molecule has 0 atom stereocenters. The Kier molecular flexibility index (Phi) is 5.02. The Morgan fingerprint density at radius 3 is 2.68 bits per heavy atom. The number of benzene rings is 2. The van der Waals surface area contributed by atoms with Gasteiger partial charge in [-0.2, -0.15) is 0 Å². The number of hydrogen-bond acceptors (Lipinski definition) is 3. The highest BCUT2D eigenvalue weighted by molar-refractivity contribution is 5.93. The van der Waals surface area contributed by atoms with E-state index in [1.54, 1.807) is 0 Å². The minimum absolute atomic E-state index is 0.0849. The normalized spacial score (nSPS) is 18.3. The molecule has 0 aliphatic heterocycles. The number of ether oxygens (including phenoxy) is 1. The van der Waals surface area contributed by atoms with Crippen LogP contribution in [0.5, 0.6) is 0 Å². The predicted molar refractivity (Wildman–Crippen MR) is 108 cm³/mol. The summed E-state index contributed by atoms with van der Waals surface area (Å²) in [5.41, 5.74) is 4.03. The summed E-state index contributed by atoms with van der Waals surface area (Å²) in [5.74, 6) is 0.291. The molecule has 4 rings (SSSR count). The van der Waals surface area contributed by atoms with Gasteiger partial charge in [-0.25, -0.2) is 4.79 Å². The van der Waals surface area contributed by atoms with Crippen molar-refractivity contribution in [3.8, 4) is 0 Å². The lowest BCUT2D eigenvalue weighted by molar-refractivity contribution is -0.114. The summed E-state index contributed by atoms with van der Waals surface area (Å²) in [6, 6.07) is 15.6. The van der Waals surface area contributed by atoms with E-state index in [1.165, 1.54) is 12.5 Å². The van der Waals surface area contributed by atoms with Crippen LogP contribution >= 0.6 is 0 Å². The summed E-state index contributed by atoms with van der Waals surface area (Å²) in [4.78, 5) is 26.6. The first-order valence-electron chi connectivity index (χ1n) is 9.44. The van der Waals surface area contributed by atoms with Gasteiger partial charge < -0.3 is 20.4 Å². The second kappa shape index (κ2) is 7.76. The molecule has 1 fully saturated rings. The maximum Gasteiger partial charge on any atom is 0.407 e. The van der Waals surface area contributed by atoms with Gasteiger partial charge in [-0.15, -0.1) is 0 Å². The topological polar surface area (TPSA) is 83.2 Å². The van der Waals surface area contributed by atoms with Crippen molar-refractivity contribution in [3.05, 3.63) is 65.9 Å². The molecule has 0 saturated heterocycles. The van der Waals surface area contributed by atoms with Crippen LogP contribution in [0, 0.1) is 0 Å². The van der Waals surface area contributed by atoms with E-state index in [0.717, 1.165) is 35.0 Å². The van der Waals surface area contributed by atoms with E-state index in [2.05, 4.69) is 15.6 Å². The van der Waals surface area contributed by atoms with Crippen LogP contribution in [0.4, 0.5) is 10.5 Å². The zero-order chi connectivity index (χ0) is 19.5. The van der Waals surface area contributed by atoms with Crippen LogP contribution in [0.25, 0.3) is 10.9 Å². The number of carbonyl (C=O) groups excluding carboxylic acids is 2. The third-order valence-corrected chi connectivity index (χ3v) is 5.15. The molecule has 2 aromatic carbocycles. The molecule has 3 N–H and O–H groups in total. The Morgan fingerprint density at radius 1 is 1.14 bits per heavy atom. The standard InChI is InChI=1S/C22H23N3O3/c1-14(26)24-17-7-8-21-19(11-17)20(12-23-21)16-9-18(10-16)25-22(27)28-13-15-5-3-2-4-6-15/h2-8,11-12,16,18,23H,9-10,13H2,1H3,(H,24,26)(H,25,27). The lowest BCUT2D eigenvalue weighted by Gasteiger charge is -2.35. The highest BCUT2D eigenvalue weighted by Crippen LogP contribution is 2.40. The van der Waals surface area contributed by atoms with Gasteiger partial charge in [-0.3, -0.25) is 4.79 Å². The highest BCUT2D eigenvalue weighted by Gasteiger charge is 2.33. The molecular weight excluding hydrogens is 354 g/mol. The van der Waals surface area contributed by atoms with Gasteiger partial charge in [0.15, 0.2) is 0 Å². The van der Waals surface area contributed by atoms with E-state index in [-0.39, 0.29) is 24.6 Å². The van der Waals surface area contributed by atoms with Crippen LogP contribution in [-0.4, -0.2) is 23.0 Å². The fourth-order valence-corrected chi connectivity index (χ4v) is 3.68. The number of H-pyrrole nitrogens is 1. The van der Waals surface area contributed by atoms with Gasteiger partial charge >= 0.3 is 6.09 Å². The van der Waals surface area contributed by atoms with Crippen molar-refractivity contribution in [2.45, 2.75) is 38.3 Å². The summed E-state index contributed by atoms with van der Waals surface area (Å²) in [6.07, 6.45) is 3.39.